The minimum Gasteiger partial charge on any atom is -0.477 e. The third-order valence-electron chi connectivity index (χ3n) is 2.57. The molecule has 1 aromatic rings. The number of nitrogens with zero attached hydrogens (tertiary/aromatic N) is 1. The highest BCUT2D eigenvalue weighted by Gasteiger charge is 2.37. The van der Waals surface area contributed by atoms with Crippen LogP contribution in [0.3, 0.4) is 0 Å². The Morgan fingerprint density at radius 1 is 1.47 bits per heavy atom. The number of carboxylic acids is 1. The van der Waals surface area contributed by atoms with Crippen LogP contribution in [0.4, 0.5) is 0 Å². The second kappa shape index (κ2) is 4.37. The van der Waals surface area contributed by atoms with E-state index in [2.05, 4.69) is 0 Å². The quantitative estimate of drug-likeness (QED) is 0.811. The smallest absolute Gasteiger partial charge is 0.345 e. The lowest BCUT2D eigenvalue weighted by atomic mass is 10.1. The van der Waals surface area contributed by atoms with Crippen LogP contribution in [-0.4, -0.2) is 48.6 Å². The van der Waals surface area contributed by atoms with Crippen molar-refractivity contribution in [3.05, 3.63) is 17.0 Å². The van der Waals surface area contributed by atoms with E-state index < -0.39 is 16.0 Å². The minimum absolute atomic E-state index is 0.00260. The number of hydrogen-bond acceptors (Lipinski definition) is 5. The average molecular weight is 277 g/mol. The van der Waals surface area contributed by atoms with Gasteiger partial charge in [0.2, 0.25) is 0 Å². The maximum atomic E-state index is 12.0. The van der Waals surface area contributed by atoms with Gasteiger partial charge in [-0.25, -0.2) is 13.2 Å². The van der Waals surface area contributed by atoms with Gasteiger partial charge >= 0.3 is 5.97 Å². The molecule has 0 saturated carbocycles. The highest BCUT2D eigenvalue weighted by molar-refractivity contribution is 7.91. The van der Waals surface area contributed by atoms with Crippen LogP contribution in [0.2, 0.25) is 0 Å². The molecule has 0 spiro atoms. The van der Waals surface area contributed by atoms with Crippen LogP contribution in [0.15, 0.2) is 16.3 Å². The Hall–Kier alpha value is -0.960. The summed E-state index contributed by atoms with van der Waals surface area (Å²) in [4.78, 5) is 10.7. The molecule has 0 radical (unpaired) electrons. The van der Waals surface area contributed by atoms with Gasteiger partial charge in [-0.2, -0.15) is 4.31 Å². The second-order valence-electron chi connectivity index (χ2n) is 3.79. The Morgan fingerprint density at radius 2 is 2.12 bits per heavy atom. The lowest BCUT2D eigenvalue weighted by molar-refractivity contribution is 0.0702. The number of aliphatic hydroxyl groups is 1. The van der Waals surface area contributed by atoms with Gasteiger partial charge in [0.05, 0.1) is 0 Å². The molecule has 94 valence electrons. The van der Waals surface area contributed by atoms with Gasteiger partial charge < -0.3 is 10.2 Å². The second-order valence-corrected chi connectivity index (χ2v) is 7.04. The third kappa shape index (κ3) is 2.21. The molecule has 2 heterocycles. The summed E-state index contributed by atoms with van der Waals surface area (Å²) in [6, 6.07) is 2.58. The predicted octanol–water partition coefficient (Wildman–Crippen LogP) is 0.0591. The van der Waals surface area contributed by atoms with Crippen LogP contribution in [0.25, 0.3) is 0 Å². The number of thiophene rings is 1. The molecule has 0 bridgehead atoms. The lowest BCUT2D eigenvalue weighted by Gasteiger charge is -2.36. The van der Waals surface area contributed by atoms with Crippen molar-refractivity contribution >= 4 is 27.3 Å². The standard InChI is InChI=1S/C9H11NO5S2/c11-5-6-3-10(4-6)17(14,15)8-2-1-7(16-8)9(12)13/h1-2,6,11H,3-5H2,(H,12,13). The molecule has 1 aliphatic rings. The van der Waals surface area contributed by atoms with Crippen molar-refractivity contribution in [2.45, 2.75) is 4.21 Å². The molecular weight excluding hydrogens is 266 g/mol. The molecule has 0 aliphatic carbocycles. The summed E-state index contributed by atoms with van der Waals surface area (Å²) >= 11 is 0.743. The Balaban J connectivity index is 2.18. The summed E-state index contributed by atoms with van der Waals surface area (Å²) in [6.45, 7) is 0.551. The molecule has 2 rings (SSSR count). The number of aliphatic hydroxyl groups excluding tert-OH is 1. The molecule has 0 atom stereocenters. The molecule has 1 aromatic heterocycles. The summed E-state index contributed by atoms with van der Waals surface area (Å²) in [6.07, 6.45) is 0. The Kier molecular flexibility index (Phi) is 3.21. The molecule has 8 heteroatoms. The largest absolute Gasteiger partial charge is 0.477 e. The van der Waals surface area contributed by atoms with E-state index in [-0.39, 0.29) is 21.6 Å². The normalized spacial score (nSPS) is 17.9. The van der Waals surface area contributed by atoms with Crippen LogP contribution < -0.4 is 0 Å². The first-order valence-corrected chi connectivity index (χ1v) is 7.15. The highest BCUT2D eigenvalue weighted by Crippen LogP contribution is 2.29. The maximum Gasteiger partial charge on any atom is 0.345 e. The SMILES string of the molecule is O=C(O)c1ccc(S(=O)(=O)N2CC(CO)C2)s1. The van der Waals surface area contributed by atoms with Crippen LogP contribution in [0.1, 0.15) is 9.67 Å². The van der Waals surface area contributed by atoms with Crippen molar-refractivity contribution in [3.63, 3.8) is 0 Å². The fourth-order valence-corrected chi connectivity index (χ4v) is 4.43. The van der Waals surface area contributed by atoms with Crippen molar-refractivity contribution in [1.29, 1.82) is 0 Å². The first-order valence-electron chi connectivity index (χ1n) is 4.89. The van der Waals surface area contributed by atoms with E-state index in [9.17, 15) is 13.2 Å². The van der Waals surface area contributed by atoms with Gasteiger partial charge in [-0.3, -0.25) is 0 Å². The molecule has 2 N–H and O–H groups in total. The van der Waals surface area contributed by atoms with Gasteiger partial charge in [0.15, 0.2) is 0 Å². The Labute approximate surface area is 102 Å². The number of aromatic carboxylic acids is 1. The zero-order valence-electron chi connectivity index (χ0n) is 8.74. The number of hydrogen-bond donors (Lipinski definition) is 2. The fraction of sp³-hybridized carbons (Fsp3) is 0.444. The van der Waals surface area contributed by atoms with Crippen LogP contribution >= 0.6 is 11.3 Å². The number of sulfonamides is 1. The average Bonchev–Trinajstić information content (AvgIpc) is 2.64. The van der Waals surface area contributed by atoms with E-state index >= 15 is 0 Å². The third-order valence-corrected chi connectivity index (χ3v) is 5.94. The molecule has 0 amide bonds. The van der Waals surface area contributed by atoms with Crippen LogP contribution in [0.5, 0.6) is 0 Å². The van der Waals surface area contributed by atoms with Gasteiger partial charge in [-0.1, -0.05) is 0 Å². The molecule has 0 unspecified atom stereocenters. The van der Waals surface area contributed by atoms with Gasteiger partial charge in [0.1, 0.15) is 9.09 Å². The number of rotatable bonds is 4. The predicted molar refractivity (Wildman–Crippen MR) is 60.6 cm³/mol. The Morgan fingerprint density at radius 3 is 2.59 bits per heavy atom. The molecular formula is C9H11NO5S2. The summed E-state index contributed by atoms with van der Waals surface area (Å²) < 4.78 is 25.2. The van der Waals surface area contributed by atoms with E-state index in [0.717, 1.165) is 11.3 Å². The van der Waals surface area contributed by atoms with Crippen LogP contribution in [-0.2, 0) is 10.0 Å². The first-order chi connectivity index (χ1) is 7.95. The van der Waals surface area contributed by atoms with Gasteiger partial charge in [0.25, 0.3) is 10.0 Å². The molecule has 0 aromatic carbocycles. The Bertz CT molecular complexity index is 529. The molecule has 1 saturated heterocycles. The molecule has 17 heavy (non-hydrogen) atoms. The van der Waals surface area contributed by atoms with Crippen molar-refractivity contribution in [2.24, 2.45) is 5.92 Å². The summed E-state index contributed by atoms with van der Waals surface area (Å²) in [5.41, 5.74) is 0. The van der Waals surface area contributed by atoms with E-state index in [1.54, 1.807) is 0 Å². The fourth-order valence-electron chi connectivity index (χ4n) is 1.54. The van der Waals surface area contributed by atoms with Gasteiger partial charge in [-0.05, 0) is 12.1 Å². The van der Waals surface area contributed by atoms with E-state index in [1.807, 2.05) is 0 Å². The van der Waals surface area contributed by atoms with Crippen LogP contribution in [0, 0.1) is 5.92 Å². The summed E-state index contributed by atoms with van der Waals surface area (Å²) in [5, 5.41) is 17.5. The highest BCUT2D eigenvalue weighted by atomic mass is 32.2. The van der Waals surface area contributed by atoms with Gasteiger partial charge in [-0.15, -0.1) is 11.3 Å². The zero-order valence-corrected chi connectivity index (χ0v) is 10.4. The summed E-state index contributed by atoms with van der Waals surface area (Å²) in [5.74, 6) is -1.14. The molecule has 6 nitrogen and oxygen atoms in total. The maximum absolute atomic E-state index is 12.0. The van der Waals surface area contributed by atoms with Crippen molar-refractivity contribution in [3.8, 4) is 0 Å². The zero-order chi connectivity index (χ0) is 12.6. The van der Waals surface area contributed by atoms with E-state index in [4.69, 9.17) is 10.2 Å². The minimum atomic E-state index is -3.58. The monoisotopic (exact) mass is 277 g/mol. The van der Waals surface area contributed by atoms with E-state index in [0.29, 0.717) is 13.1 Å². The topological polar surface area (TPSA) is 94.9 Å². The summed E-state index contributed by atoms with van der Waals surface area (Å²) in [7, 11) is -3.58. The van der Waals surface area contributed by atoms with Crippen molar-refractivity contribution < 1.29 is 23.4 Å². The number of carboxylic acid groups (broad SMARTS) is 1. The van der Waals surface area contributed by atoms with Crippen molar-refractivity contribution in [2.75, 3.05) is 19.7 Å². The van der Waals surface area contributed by atoms with E-state index in [1.165, 1.54) is 16.4 Å². The first kappa shape index (κ1) is 12.5. The van der Waals surface area contributed by atoms with Gasteiger partial charge in [0, 0.05) is 25.6 Å². The number of carbonyl (C=O) groups is 1. The molecule has 1 fully saturated rings. The lowest BCUT2D eigenvalue weighted by Crippen LogP contribution is -2.50. The molecule has 1 aliphatic heterocycles. The van der Waals surface area contributed by atoms with Crippen molar-refractivity contribution in [1.82, 2.24) is 4.31 Å².